The van der Waals surface area contributed by atoms with Crippen LogP contribution in [0.15, 0.2) is 53.4 Å². The van der Waals surface area contributed by atoms with Crippen molar-refractivity contribution in [3.8, 4) is 5.75 Å². The third-order valence-corrected chi connectivity index (χ3v) is 6.91. The molecular weight excluding hydrogens is 421 g/mol. The van der Waals surface area contributed by atoms with E-state index in [9.17, 15) is 17.6 Å². The van der Waals surface area contributed by atoms with Gasteiger partial charge in [0, 0.05) is 32.7 Å². The molecular formula is C22H28FN3O4S. The summed E-state index contributed by atoms with van der Waals surface area (Å²) >= 11 is 0. The average Bonchev–Trinajstić information content (AvgIpc) is 2.75. The molecule has 0 saturated carbocycles. The van der Waals surface area contributed by atoms with Gasteiger partial charge in [-0.1, -0.05) is 12.1 Å². The van der Waals surface area contributed by atoms with Gasteiger partial charge in [0.25, 0.3) is 0 Å². The summed E-state index contributed by atoms with van der Waals surface area (Å²) in [7, 11) is -0.314. The number of nitrogens with one attached hydrogen (secondary N) is 1. The van der Waals surface area contributed by atoms with E-state index in [2.05, 4.69) is 4.72 Å². The molecule has 3 rings (SSSR count). The summed E-state index contributed by atoms with van der Waals surface area (Å²) in [6.45, 7) is 2.02. The lowest BCUT2D eigenvalue weighted by molar-refractivity contribution is -0.131. The maximum atomic E-state index is 13.0. The largest absolute Gasteiger partial charge is 0.497 e. The van der Waals surface area contributed by atoms with Gasteiger partial charge in [-0.3, -0.25) is 9.69 Å². The third-order valence-electron chi connectivity index (χ3n) is 5.37. The van der Waals surface area contributed by atoms with Crippen molar-refractivity contribution < 1.29 is 22.3 Å². The predicted molar refractivity (Wildman–Crippen MR) is 116 cm³/mol. The molecule has 7 nitrogen and oxygen atoms in total. The highest BCUT2D eigenvalue weighted by Crippen LogP contribution is 2.17. The highest BCUT2D eigenvalue weighted by atomic mass is 32.2. The molecule has 1 fully saturated rings. The number of ether oxygens (including phenoxy) is 1. The molecule has 2 aromatic rings. The van der Waals surface area contributed by atoms with Gasteiger partial charge in [0.05, 0.1) is 18.6 Å². The molecule has 2 aromatic carbocycles. The van der Waals surface area contributed by atoms with Crippen LogP contribution in [0.2, 0.25) is 0 Å². The van der Waals surface area contributed by atoms with Crippen molar-refractivity contribution in [3.63, 3.8) is 0 Å². The Balaban J connectivity index is 1.47. The summed E-state index contributed by atoms with van der Waals surface area (Å²) < 4.78 is 45.9. The van der Waals surface area contributed by atoms with E-state index < -0.39 is 15.8 Å². The number of rotatable bonds is 8. The minimum absolute atomic E-state index is 0.00756. The molecule has 0 aromatic heterocycles. The monoisotopic (exact) mass is 449 g/mol. The van der Waals surface area contributed by atoms with Crippen LogP contribution in [0.5, 0.6) is 5.75 Å². The Bertz CT molecular complexity index is 990. The molecule has 31 heavy (non-hydrogen) atoms. The second-order valence-corrected chi connectivity index (χ2v) is 9.44. The number of piperidine rings is 1. The van der Waals surface area contributed by atoms with Crippen molar-refractivity contribution in [2.75, 3.05) is 33.8 Å². The maximum Gasteiger partial charge on any atom is 0.240 e. The second kappa shape index (κ2) is 10.2. The number of hydrogen-bond acceptors (Lipinski definition) is 5. The smallest absolute Gasteiger partial charge is 0.240 e. The Hall–Kier alpha value is -2.49. The minimum atomic E-state index is -3.69. The maximum absolute atomic E-state index is 13.0. The van der Waals surface area contributed by atoms with Gasteiger partial charge in [-0.2, -0.15) is 0 Å². The number of nitrogens with zero attached hydrogens (tertiary/aromatic N) is 2. The molecule has 0 bridgehead atoms. The summed E-state index contributed by atoms with van der Waals surface area (Å²) in [4.78, 5) is 16.4. The first-order valence-corrected chi connectivity index (χ1v) is 11.6. The Morgan fingerprint density at radius 1 is 1.19 bits per heavy atom. The van der Waals surface area contributed by atoms with Gasteiger partial charge in [-0.25, -0.2) is 17.5 Å². The topological polar surface area (TPSA) is 79.0 Å². The number of hydrogen-bond donors (Lipinski definition) is 1. The normalized spacial score (nSPS) is 15.6. The van der Waals surface area contributed by atoms with Crippen LogP contribution in [0.25, 0.3) is 0 Å². The quantitative estimate of drug-likeness (QED) is 0.669. The number of amides is 1. The molecule has 1 heterocycles. The van der Waals surface area contributed by atoms with Gasteiger partial charge in [0.2, 0.25) is 15.9 Å². The van der Waals surface area contributed by atoms with Gasteiger partial charge in [0.15, 0.2) is 0 Å². The Morgan fingerprint density at radius 3 is 2.52 bits per heavy atom. The van der Waals surface area contributed by atoms with Crippen LogP contribution >= 0.6 is 0 Å². The van der Waals surface area contributed by atoms with Crippen molar-refractivity contribution in [1.29, 1.82) is 0 Å². The van der Waals surface area contributed by atoms with E-state index in [0.717, 1.165) is 23.4 Å². The van der Waals surface area contributed by atoms with Crippen LogP contribution < -0.4 is 9.46 Å². The lowest BCUT2D eigenvalue weighted by atomic mass is 10.1. The zero-order valence-corrected chi connectivity index (χ0v) is 18.6. The molecule has 0 spiro atoms. The van der Waals surface area contributed by atoms with Gasteiger partial charge >= 0.3 is 0 Å². The van der Waals surface area contributed by atoms with Crippen molar-refractivity contribution in [2.45, 2.75) is 30.3 Å². The lowest BCUT2D eigenvalue weighted by Gasteiger charge is -2.32. The van der Waals surface area contributed by atoms with E-state index in [1.165, 1.54) is 12.1 Å². The van der Waals surface area contributed by atoms with Crippen LogP contribution in [-0.2, 0) is 21.4 Å². The molecule has 1 saturated heterocycles. The number of methoxy groups -OCH3 is 1. The van der Waals surface area contributed by atoms with E-state index in [1.54, 1.807) is 19.1 Å². The number of benzene rings is 2. The highest BCUT2D eigenvalue weighted by Gasteiger charge is 2.26. The van der Waals surface area contributed by atoms with Gasteiger partial charge in [-0.05, 0) is 54.8 Å². The van der Waals surface area contributed by atoms with E-state index in [4.69, 9.17) is 4.74 Å². The van der Waals surface area contributed by atoms with Crippen LogP contribution in [0.4, 0.5) is 4.39 Å². The number of carbonyl (C=O) groups excluding carboxylic acids is 1. The minimum Gasteiger partial charge on any atom is -0.497 e. The molecule has 0 unspecified atom stereocenters. The fourth-order valence-electron chi connectivity index (χ4n) is 3.55. The zero-order valence-electron chi connectivity index (χ0n) is 17.8. The van der Waals surface area contributed by atoms with Crippen molar-refractivity contribution in [3.05, 3.63) is 59.9 Å². The van der Waals surface area contributed by atoms with Gasteiger partial charge in [0.1, 0.15) is 11.6 Å². The molecule has 0 atom stereocenters. The van der Waals surface area contributed by atoms with E-state index in [1.807, 2.05) is 29.2 Å². The number of likely N-dealkylation sites (N-methyl/N-ethyl adjacent to an activating group) is 1. The van der Waals surface area contributed by atoms with E-state index in [-0.39, 0.29) is 23.4 Å². The van der Waals surface area contributed by atoms with Crippen LogP contribution in [0, 0.1) is 5.82 Å². The summed E-state index contributed by atoms with van der Waals surface area (Å²) in [5.41, 5.74) is 0.990. The predicted octanol–water partition coefficient (Wildman–Crippen LogP) is 2.24. The number of likely N-dealkylation sites (tertiary alicyclic amines) is 1. The SMILES string of the molecule is COc1cccc(CN(C)C(=O)CN2CCC(NS(=O)(=O)c3ccc(F)cc3)CC2)c1. The molecule has 1 aliphatic heterocycles. The van der Waals surface area contributed by atoms with Gasteiger partial charge < -0.3 is 9.64 Å². The number of sulfonamides is 1. The molecule has 1 amide bonds. The average molecular weight is 450 g/mol. The fourth-order valence-corrected chi connectivity index (χ4v) is 4.86. The molecule has 0 aliphatic carbocycles. The van der Waals surface area contributed by atoms with Crippen LogP contribution in [-0.4, -0.2) is 64.0 Å². The standard InChI is InChI=1S/C22H28FN3O4S/c1-25(15-17-4-3-5-20(14-17)30-2)22(27)16-26-12-10-19(11-13-26)24-31(28,29)21-8-6-18(23)7-9-21/h3-9,14,19,24H,10-13,15-16H2,1-2H3. The fraction of sp³-hybridized carbons (Fsp3) is 0.409. The molecule has 9 heteroatoms. The molecule has 1 aliphatic rings. The summed E-state index contributed by atoms with van der Waals surface area (Å²) in [6.07, 6.45) is 1.21. The lowest BCUT2D eigenvalue weighted by Crippen LogP contribution is -2.47. The Morgan fingerprint density at radius 2 is 1.87 bits per heavy atom. The van der Waals surface area contributed by atoms with Crippen molar-refractivity contribution in [2.24, 2.45) is 0 Å². The second-order valence-electron chi connectivity index (χ2n) is 7.73. The summed E-state index contributed by atoms with van der Waals surface area (Å²) in [5, 5.41) is 0. The molecule has 0 radical (unpaired) electrons. The highest BCUT2D eigenvalue weighted by molar-refractivity contribution is 7.89. The van der Waals surface area contributed by atoms with Crippen LogP contribution in [0.1, 0.15) is 18.4 Å². The summed E-state index contributed by atoms with van der Waals surface area (Å²) in [5.74, 6) is 0.282. The van der Waals surface area contributed by atoms with E-state index in [0.29, 0.717) is 32.5 Å². The van der Waals surface area contributed by atoms with Crippen molar-refractivity contribution in [1.82, 2.24) is 14.5 Å². The Kier molecular flexibility index (Phi) is 7.64. The van der Waals surface area contributed by atoms with Crippen molar-refractivity contribution >= 4 is 15.9 Å². The third kappa shape index (κ3) is 6.49. The first kappa shape index (κ1) is 23.2. The Labute approximate surface area is 182 Å². The first-order valence-electron chi connectivity index (χ1n) is 10.1. The zero-order chi connectivity index (χ0) is 22.4. The van der Waals surface area contributed by atoms with E-state index >= 15 is 0 Å². The van der Waals surface area contributed by atoms with Gasteiger partial charge in [-0.15, -0.1) is 0 Å². The summed E-state index contributed by atoms with van der Waals surface area (Å²) in [6, 6.07) is 12.2. The van der Waals surface area contributed by atoms with Crippen LogP contribution in [0.3, 0.4) is 0 Å². The molecule has 168 valence electrons. The number of carbonyl (C=O) groups is 1. The number of halogens is 1. The first-order chi connectivity index (χ1) is 14.8. The molecule has 1 N–H and O–H groups in total.